The lowest BCUT2D eigenvalue weighted by Crippen LogP contribution is -2.57. The molecule has 4 rings (SSSR count). The molecule has 0 saturated heterocycles. The van der Waals surface area contributed by atoms with Crippen LogP contribution in [0.4, 0.5) is 11.4 Å². The molecule has 2 fully saturated rings. The zero-order valence-electron chi connectivity index (χ0n) is 13.2. The van der Waals surface area contributed by atoms with Crippen molar-refractivity contribution in [3.8, 4) is 0 Å². The van der Waals surface area contributed by atoms with Gasteiger partial charge in [-0.2, -0.15) is 0 Å². The van der Waals surface area contributed by atoms with Gasteiger partial charge in [0, 0.05) is 30.0 Å². The maximum atomic E-state index is 5.93. The summed E-state index contributed by atoms with van der Waals surface area (Å²) in [6.45, 7) is 3.08. The number of hydrogen-bond acceptors (Lipinski definition) is 3. The summed E-state index contributed by atoms with van der Waals surface area (Å²) in [4.78, 5) is 0. The van der Waals surface area contributed by atoms with E-state index in [1.54, 1.807) is 0 Å². The Balaban J connectivity index is 1.43. The molecule has 2 aliphatic carbocycles. The fraction of sp³-hybridized carbons (Fsp3) is 0.474. The lowest BCUT2D eigenvalue weighted by atomic mass is 9.52. The normalized spacial score (nSPS) is 29.9. The predicted octanol–water partition coefficient (Wildman–Crippen LogP) is 3.95. The molecular formula is C19H25N3. The van der Waals surface area contributed by atoms with E-state index in [1.807, 2.05) is 0 Å². The molecule has 2 aliphatic rings. The van der Waals surface area contributed by atoms with Crippen LogP contribution in [0, 0.1) is 5.41 Å². The van der Waals surface area contributed by atoms with E-state index in [4.69, 9.17) is 5.73 Å². The van der Waals surface area contributed by atoms with Crippen LogP contribution in [0.3, 0.4) is 0 Å². The van der Waals surface area contributed by atoms with Gasteiger partial charge in [0.15, 0.2) is 0 Å². The van der Waals surface area contributed by atoms with E-state index in [0.29, 0.717) is 17.5 Å². The minimum Gasteiger partial charge on any atom is -0.385 e. The molecule has 0 heterocycles. The molecule has 0 aliphatic heterocycles. The van der Waals surface area contributed by atoms with Crippen LogP contribution in [0.1, 0.15) is 32.6 Å². The average molecular weight is 295 g/mol. The Morgan fingerprint density at radius 1 is 1.00 bits per heavy atom. The van der Waals surface area contributed by atoms with Gasteiger partial charge in [0.25, 0.3) is 0 Å². The van der Waals surface area contributed by atoms with Gasteiger partial charge < -0.3 is 16.4 Å². The Kier molecular flexibility index (Phi) is 3.26. The van der Waals surface area contributed by atoms with Gasteiger partial charge in [-0.3, -0.25) is 0 Å². The van der Waals surface area contributed by atoms with Gasteiger partial charge in [0.1, 0.15) is 0 Å². The highest BCUT2D eigenvalue weighted by Crippen LogP contribution is 2.55. The summed E-state index contributed by atoms with van der Waals surface area (Å²) in [7, 11) is 0. The second-order valence-corrected chi connectivity index (χ2v) is 7.22. The quantitative estimate of drug-likeness (QED) is 0.800. The number of fused-ring (bicyclic) bond motifs is 1. The van der Waals surface area contributed by atoms with Gasteiger partial charge >= 0.3 is 0 Å². The van der Waals surface area contributed by atoms with Crippen LogP contribution in [0.15, 0.2) is 36.4 Å². The van der Waals surface area contributed by atoms with E-state index >= 15 is 0 Å². The lowest BCUT2D eigenvalue weighted by Gasteiger charge is -2.57. The third-order valence-corrected chi connectivity index (χ3v) is 5.34. The molecule has 1 spiro atoms. The van der Waals surface area contributed by atoms with Crippen molar-refractivity contribution in [3.05, 3.63) is 36.4 Å². The summed E-state index contributed by atoms with van der Waals surface area (Å²) in [6.07, 6.45) is 5.04. The third kappa shape index (κ3) is 2.44. The molecule has 0 unspecified atom stereocenters. The SMILES string of the molecule is CCNc1ccc2cc(NC3CC4(CC(N)C4)C3)ccc2c1. The van der Waals surface area contributed by atoms with Crippen LogP contribution < -0.4 is 16.4 Å². The highest BCUT2D eigenvalue weighted by molar-refractivity contribution is 5.88. The largest absolute Gasteiger partial charge is 0.385 e. The summed E-state index contributed by atoms with van der Waals surface area (Å²) in [5, 5.41) is 9.64. The molecule has 0 aromatic heterocycles. The molecule has 2 saturated carbocycles. The molecule has 3 heteroatoms. The Morgan fingerprint density at radius 2 is 1.64 bits per heavy atom. The average Bonchev–Trinajstić information content (AvgIpc) is 2.44. The van der Waals surface area contributed by atoms with Gasteiger partial charge in [-0.25, -0.2) is 0 Å². The standard InChI is InChI=1S/C19H25N3/c1-2-21-16-5-3-14-8-17(6-4-13(14)7-16)22-18-11-19(12-18)9-15(20)10-19/h3-8,15,18,21-22H,2,9-12,20H2,1H3. The number of anilines is 2. The van der Waals surface area contributed by atoms with E-state index in [1.165, 1.54) is 47.8 Å². The molecule has 2 aromatic carbocycles. The van der Waals surface area contributed by atoms with Crippen molar-refractivity contribution in [1.29, 1.82) is 0 Å². The van der Waals surface area contributed by atoms with E-state index in [0.717, 1.165) is 6.54 Å². The van der Waals surface area contributed by atoms with E-state index in [-0.39, 0.29) is 0 Å². The Morgan fingerprint density at radius 3 is 2.27 bits per heavy atom. The van der Waals surface area contributed by atoms with Crippen LogP contribution in [0.25, 0.3) is 10.8 Å². The summed E-state index contributed by atoms with van der Waals surface area (Å²) in [6, 6.07) is 14.4. The Bertz CT molecular complexity index is 680. The summed E-state index contributed by atoms with van der Waals surface area (Å²) >= 11 is 0. The molecule has 4 N–H and O–H groups in total. The second-order valence-electron chi connectivity index (χ2n) is 7.22. The molecule has 2 aromatic rings. The predicted molar refractivity (Wildman–Crippen MR) is 94.4 cm³/mol. The van der Waals surface area contributed by atoms with Crippen molar-refractivity contribution in [1.82, 2.24) is 0 Å². The molecule has 0 radical (unpaired) electrons. The van der Waals surface area contributed by atoms with Crippen LogP contribution in [0.5, 0.6) is 0 Å². The summed E-state index contributed by atoms with van der Waals surface area (Å²) in [5.74, 6) is 0. The highest BCUT2D eigenvalue weighted by Gasteiger charge is 2.51. The summed E-state index contributed by atoms with van der Waals surface area (Å²) < 4.78 is 0. The molecular weight excluding hydrogens is 270 g/mol. The second kappa shape index (κ2) is 5.17. The van der Waals surface area contributed by atoms with Gasteiger partial charge in [-0.15, -0.1) is 0 Å². The topological polar surface area (TPSA) is 50.1 Å². The zero-order chi connectivity index (χ0) is 15.2. The van der Waals surface area contributed by atoms with E-state index in [9.17, 15) is 0 Å². The maximum absolute atomic E-state index is 5.93. The molecule has 0 amide bonds. The molecule has 0 atom stereocenters. The highest BCUT2D eigenvalue weighted by atomic mass is 15.0. The minimum absolute atomic E-state index is 0.465. The van der Waals surface area contributed by atoms with Crippen LogP contribution >= 0.6 is 0 Å². The first-order valence-electron chi connectivity index (χ1n) is 8.46. The molecule has 0 bridgehead atoms. The monoisotopic (exact) mass is 295 g/mol. The first-order chi connectivity index (χ1) is 10.7. The fourth-order valence-electron chi connectivity index (χ4n) is 4.36. The van der Waals surface area contributed by atoms with Crippen LogP contribution in [-0.2, 0) is 0 Å². The van der Waals surface area contributed by atoms with Gasteiger partial charge in [-0.1, -0.05) is 12.1 Å². The van der Waals surface area contributed by atoms with Crippen molar-refractivity contribution in [3.63, 3.8) is 0 Å². The van der Waals surface area contributed by atoms with Crippen LogP contribution in [0.2, 0.25) is 0 Å². The fourth-order valence-corrected chi connectivity index (χ4v) is 4.36. The van der Waals surface area contributed by atoms with Crippen molar-refractivity contribution in [2.75, 3.05) is 17.2 Å². The van der Waals surface area contributed by atoms with Crippen molar-refractivity contribution in [2.24, 2.45) is 11.1 Å². The molecule has 3 nitrogen and oxygen atoms in total. The van der Waals surface area contributed by atoms with Crippen molar-refractivity contribution < 1.29 is 0 Å². The smallest absolute Gasteiger partial charge is 0.0348 e. The number of hydrogen-bond donors (Lipinski definition) is 3. The summed E-state index contributed by atoms with van der Waals surface area (Å²) in [5.41, 5.74) is 8.96. The molecule has 116 valence electrons. The number of nitrogens with one attached hydrogen (secondary N) is 2. The Hall–Kier alpha value is -1.74. The first kappa shape index (κ1) is 13.9. The third-order valence-electron chi connectivity index (χ3n) is 5.34. The first-order valence-corrected chi connectivity index (χ1v) is 8.46. The van der Waals surface area contributed by atoms with Crippen molar-refractivity contribution >= 4 is 22.1 Å². The number of benzene rings is 2. The van der Waals surface area contributed by atoms with Gasteiger partial charge in [0.05, 0.1) is 0 Å². The van der Waals surface area contributed by atoms with Crippen LogP contribution in [-0.4, -0.2) is 18.6 Å². The zero-order valence-corrected chi connectivity index (χ0v) is 13.2. The minimum atomic E-state index is 0.465. The maximum Gasteiger partial charge on any atom is 0.0348 e. The van der Waals surface area contributed by atoms with Crippen molar-refractivity contribution in [2.45, 2.75) is 44.7 Å². The van der Waals surface area contributed by atoms with E-state index in [2.05, 4.69) is 54.0 Å². The van der Waals surface area contributed by atoms with Gasteiger partial charge in [-0.05, 0) is 73.1 Å². The van der Waals surface area contributed by atoms with Gasteiger partial charge in [0.2, 0.25) is 0 Å². The lowest BCUT2D eigenvalue weighted by molar-refractivity contribution is 0.00122. The number of nitrogens with two attached hydrogens (primary N) is 1. The van der Waals surface area contributed by atoms with E-state index < -0.39 is 0 Å². The number of rotatable bonds is 4. The molecule has 22 heavy (non-hydrogen) atoms. The Labute approximate surface area is 132 Å².